The SMILES string of the molecule is N#CCc1ccc(OC2C=CCCC2)cc1. The second-order valence-corrected chi connectivity index (χ2v) is 3.99. The van der Waals surface area contributed by atoms with Crippen molar-refractivity contribution in [3.05, 3.63) is 42.0 Å². The summed E-state index contributed by atoms with van der Waals surface area (Å²) in [5.74, 6) is 0.887. The molecule has 0 amide bonds. The fourth-order valence-electron chi connectivity index (χ4n) is 1.83. The summed E-state index contributed by atoms with van der Waals surface area (Å²) in [7, 11) is 0. The summed E-state index contributed by atoms with van der Waals surface area (Å²) in [5, 5.41) is 8.56. The van der Waals surface area contributed by atoms with Crippen molar-refractivity contribution in [3.63, 3.8) is 0 Å². The maximum atomic E-state index is 8.56. The molecule has 0 aliphatic heterocycles. The van der Waals surface area contributed by atoms with Crippen LogP contribution in [0, 0.1) is 11.3 Å². The van der Waals surface area contributed by atoms with E-state index < -0.39 is 0 Å². The first kappa shape index (κ1) is 10.8. The van der Waals surface area contributed by atoms with E-state index in [9.17, 15) is 0 Å². The van der Waals surface area contributed by atoms with Crippen LogP contribution in [0.25, 0.3) is 0 Å². The van der Waals surface area contributed by atoms with Crippen molar-refractivity contribution < 1.29 is 4.74 Å². The molecule has 0 saturated heterocycles. The Morgan fingerprint density at radius 2 is 2.12 bits per heavy atom. The minimum Gasteiger partial charge on any atom is -0.486 e. The van der Waals surface area contributed by atoms with Crippen molar-refractivity contribution in [2.75, 3.05) is 0 Å². The predicted molar refractivity (Wildman–Crippen MR) is 63.2 cm³/mol. The number of hydrogen-bond donors (Lipinski definition) is 0. The number of rotatable bonds is 3. The molecule has 2 heteroatoms. The van der Waals surface area contributed by atoms with E-state index in [0.717, 1.165) is 17.7 Å². The van der Waals surface area contributed by atoms with E-state index >= 15 is 0 Å². The van der Waals surface area contributed by atoms with Gasteiger partial charge in [-0.25, -0.2) is 0 Å². The average Bonchev–Trinajstić information content (AvgIpc) is 2.33. The number of nitriles is 1. The lowest BCUT2D eigenvalue weighted by Gasteiger charge is -2.18. The summed E-state index contributed by atoms with van der Waals surface area (Å²) >= 11 is 0. The van der Waals surface area contributed by atoms with Crippen LogP contribution < -0.4 is 4.74 Å². The molecule has 1 aromatic carbocycles. The molecule has 82 valence electrons. The fraction of sp³-hybridized carbons (Fsp3) is 0.357. The van der Waals surface area contributed by atoms with Gasteiger partial charge in [0, 0.05) is 0 Å². The molecule has 0 saturated carbocycles. The number of benzene rings is 1. The molecule has 0 heterocycles. The zero-order valence-electron chi connectivity index (χ0n) is 9.23. The Morgan fingerprint density at radius 1 is 1.31 bits per heavy atom. The van der Waals surface area contributed by atoms with Gasteiger partial charge >= 0.3 is 0 Å². The predicted octanol–water partition coefficient (Wildman–Crippen LogP) is 3.24. The minimum atomic E-state index is 0.218. The molecule has 0 spiro atoms. The van der Waals surface area contributed by atoms with E-state index in [1.165, 1.54) is 12.8 Å². The summed E-state index contributed by atoms with van der Waals surface area (Å²) < 4.78 is 5.82. The molecule has 0 radical (unpaired) electrons. The van der Waals surface area contributed by atoms with Crippen molar-refractivity contribution in [3.8, 4) is 11.8 Å². The van der Waals surface area contributed by atoms with E-state index in [-0.39, 0.29) is 6.10 Å². The molecule has 2 nitrogen and oxygen atoms in total. The largest absolute Gasteiger partial charge is 0.486 e. The van der Waals surface area contributed by atoms with Gasteiger partial charge in [-0.15, -0.1) is 0 Å². The van der Waals surface area contributed by atoms with Crippen molar-refractivity contribution in [1.29, 1.82) is 5.26 Å². The highest BCUT2D eigenvalue weighted by atomic mass is 16.5. The molecular formula is C14H15NO. The molecule has 2 rings (SSSR count). The standard InChI is InChI=1S/C14H15NO/c15-11-10-12-6-8-14(9-7-12)16-13-4-2-1-3-5-13/h2,4,6-9,13H,1,3,5,10H2. The zero-order valence-corrected chi connectivity index (χ0v) is 9.23. The maximum absolute atomic E-state index is 8.56. The number of nitrogens with zero attached hydrogens (tertiary/aromatic N) is 1. The van der Waals surface area contributed by atoms with Crippen molar-refractivity contribution in [2.45, 2.75) is 31.8 Å². The second kappa shape index (κ2) is 5.37. The summed E-state index contributed by atoms with van der Waals surface area (Å²) in [6, 6.07) is 9.91. The lowest BCUT2D eigenvalue weighted by Crippen LogP contribution is -2.15. The highest BCUT2D eigenvalue weighted by Crippen LogP contribution is 2.19. The second-order valence-electron chi connectivity index (χ2n) is 3.99. The van der Waals surface area contributed by atoms with Gasteiger partial charge in [-0.05, 0) is 43.0 Å². The molecule has 1 aliphatic carbocycles. The molecule has 0 bridgehead atoms. The van der Waals surface area contributed by atoms with Crippen LogP contribution in [0.3, 0.4) is 0 Å². The van der Waals surface area contributed by atoms with Crippen LogP contribution in [0.2, 0.25) is 0 Å². The normalized spacial score (nSPS) is 19.1. The molecule has 1 aromatic rings. The molecular weight excluding hydrogens is 198 g/mol. The Kier molecular flexibility index (Phi) is 3.61. The van der Waals surface area contributed by atoms with Crippen LogP contribution in [-0.2, 0) is 6.42 Å². The maximum Gasteiger partial charge on any atom is 0.120 e. The highest BCUT2D eigenvalue weighted by molar-refractivity contribution is 5.29. The summed E-state index contributed by atoms with van der Waals surface area (Å²) in [6.07, 6.45) is 8.45. The number of hydrogen-bond acceptors (Lipinski definition) is 2. The van der Waals surface area contributed by atoms with Gasteiger partial charge in [0.2, 0.25) is 0 Å². The topological polar surface area (TPSA) is 33.0 Å². The number of allylic oxidation sites excluding steroid dienone is 1. The third-order valence-corrected chi connectivity index (χ3v) is 2.70. The first-order chi connectivity index (χ1) is 7.88. The van der Waals surface area contributed by atoms with Crippen molar-refractivity contribution >= 4 is 0 Å². The minimum absolute atomic E-state index is 0.218. The zero-order chi connectivity index (χ0) is 11.2. The third-order valence-electron chi connectivity index (χ3n) is 2.70. The Morgan fingerprint density at radius 3 is 2.75 bits per heavy atom. The monoisotopic (exact) mass is 213 g/mol. The van der Waals surface area contributed by atoms with Gasteiger partial charge in [0.05, 0.1) is 12.5 Å². The summed E-state index contributed by atoms with van der Waals surface area (Å²) in [5.41, 5.74) is 1.04. The highest BCUT2D eigenvalue weighted by Gasteiger charge is 2.09. The fourth-order valence-corrected chi connectivity index (χ4v) is 1.83. The molecule has 1 unspecified atom stereocenters. The Balaban J connectivity index is 1.97. The molecule has 0 fully saturated rings. The Labute approximate surface area is 96.2 Å². The van der Waals surface area contributed by atoms with E-state index in [1.54, 1.807) is 0 Å². The van der Waals surface area contributed by atoms with Crippen LogP contribution in [0.4, 0.5) is 0 Å². The molecule has 16 heavy (non-hydrogen) atoms. The van der Waals surface area contributed by atoms with Crippen molar-refractivity contribution in [2.24, 2.45) is 0 Å². The lowest BCUT2D eigenvalue weighted by molar-refractivity contribution is 0.230. The summed E-state index contributed by atoms with van der Waals surface area (Å²) in [6.45, 7) is 0. The molecule has 1 atom stereocenters. The molecule has 1 aliphatic rings. The van der Waals surface area contributed by atoms with E-state index in [2.05, 4.69) is 18.2 Å². The van der Waals surface area contributed by atoms with Gasteiger partial charge < -0.3 is 4.74 Å². The van der Waals surface area contributed by atoms with Gasteiger partial charge in [-0.3, -0.25) is 0 Å². The van der Waals surface area contributed by atoms with Crippen LogP contribution in [0.5, 0.6) is 5.75 Å². The van der Waals surface area contributed by atoms with E-state index in [4.69, 9.17) is 10.00 Å². The average molecular weight is 213 g/mol. The summed E-state index contributed by atoms with van der Waals surface area (Å²) in [4.78, 5) is 0. The lowest BCUT2D eigenvalue weighted by atomic mass is 10.1. The number of ether oxygens (including phenoxy) is 1. The van der Waals surface area contributed by atoms with Crippen LogP contribution in [-0.4, -0.2) is 6.10 Å². The molecule has 0 N–H and O–H groups in total. The third kappa shape index (κ3) is 2.87. The van der Waals surface area contributed by atoms with Gasteiger partial charge in [-0.1, -0.05) is 18.2 Å². The quantitative estimate of drug-likeness (QED) is 0.722. The molecule has 0 aromatic heterocycles. The van der Waals surface area contributed by atoms with Gasteiger partial charge in [-0.2, -0.15) is 5.26 Å². The Bertz CT molecular complexity index is 400. The van der Waals surface area contributed by atoms with Gasteiger partial charge in [0.15, 0.2) is 0 Å². The van der Waals surface area contributed by atoms with E-state index in [1.807, 2.05) is 24.3 Å². The van der Waals surface area contributed by atoms with Gasteiger partial charge in [0.1, 0.15) is 11.9 Å². The first-order valence-corrected chi connectivity index (χ1v) is 5.68. The van der Waals surface area contributed by atoms with Gasteiger partial charge in [0.25, 0.3) is 0 Å². The van der Waals surface area contributed by atoms with Crippen LogP contribution in [0.15, 0.2) is 36.4 Å². The first-order valence-electron chi connectivity index (χ1n) is 5.68. The van der Waals surface area contributed by atoms with E-state index in [0.29, 0.717) is 6.42 Å². The van der Waals surface area contributed by atoms with Crippen LogP contribution in [0.1, 0.15) is 24.8 Å². The van der Waals surface area contributed by atoms with Crippen molar-refractivity contribution in [1.82, 2.24) is 0 Å². The van der Waals surface area contributed by atoms with Crippen LogP contribution >= 0.6 is 0 Å². The Hall–Kier alpha value is -1.75. The smallest absolute Gasteiger partial charge is 0.120 e.